The summed E-state index contributed by atoms with van der Waals surface area (Å²) in [4.78, 5) is 22.9. The summed E-state index contributed by atoms with van der Waals surface area (Å²) in [5, 5.41) is 5.16. The Labute approximate surface area is 214 Å². The van der Waals surface area contributed by atoms with Crippen LogP contribution < -0.4 is 16.4 Å². The molecule has 0 aliphatic carbocycles. The van der Waals surface area contributed by atoms with E-state index < -0.39 is 6.04 Å². The van der Waals surface area contributed by atoms with Gasteiger partial charge in [0.25, 0.3) is 0 Å². The minimum absolute atomic E-state index is 0.142. The SMILES string of the molecule is CNC(=O)CC[C@H](N)C(=O)NCCOCCOCCOCCOCCOCCOCCOCCOC. The van der Waals surface area contributed by atoms with Crippen LogP contribution in [0.25, 0.3) is 0 Å². The molecule has 0 saturated heterocycles. The molecule has 0 saturated carbocycles. The molecule has 0 aliphatic rings. The third-order valence-corrected chi connectivity index (χ3v) is 4.51. The fourth-order valence-corrected chi connectivity index (χ4v) is 2.48. The molecular weight excluding hydrogens is 478 g/mol. The lowest BCUT2D eigenvalue weighted by molar-refractivity contribution is -0.123. The summed E-state index contributed by atoms with van der Waals surface area (Å²) in [6, 6.07) is -0.711. The molecule has 0 aromatic carbocycles. The smallest absolute Gasteiger partial charge is 0.237 e. The van der Waals surface area contributed by atoms with Gasteiger partial charge in [0.2, 0.25) is 11.8 Å². The van der Waals surface area contributed by atoms with Crippen LogP contribution >= 0.6 is 0 Å². The van der Waals surface area contributed by atoms with Crippen molar-refractivity contribution in [1.82, 2.24) is 10.6 Å². The Morgan fingerprint density at radius 2 is 1.00 bits per heavy atom. The molecule has 1 atom stereocenters. The van der Waals surface area contributed by atoms with E-state index in [4.69, 9.17) is 43.6 Å². The number of hydrogen-bond donors (Lipinski definition) is 3. The minimum Gasteiger partial charge on any atom is -0.382 e. The molecule has 214 valence electrons. The van der Waals surface area contributed by atoms with Gasteiger partial charge in [0, 0.05) is 27.1 Å². The van der Waals surface area contributed by atoms with E-state index in [1.165, 1.54) is 0 Å². The number of methoxy groups -OCH3 is 1. The van der Waals surface area contributed by atoms with Gasteiger partial charge in [-0.15, -0.1) is 0 Å². The van der Waals surface area contributed by atoms with Crippen LogP contribution in [0.4, 0.5) is 0 Å². The molecule has 0 spiro atoms. The van der Waals surface area contributed by atoms with Crippen LogP contribution in [0.3, 0.4) is 0 Å². The summed E-state index contributed by atoms with van der Waals surface area (Å²) in [5.41, 5.74) is 5.73. The fraction of sp³-hybridized carbons (Fsp3) is 0.913. The highest BCUT2D eigenvalue weighted by atomic mass is 16.6. The van der Waals surface area contributed by atoms with Crippen molar-refractivity contribution < 1.29 is 47.5 Å². The predicted molar refractivity (Wildman–Crippen MR) is 132 cm³/mol. The van der Waals surface area contributed by atoms with Crippen molar-refractivity contribution >= 4 is 11.8 Å². The largest absolute Gasteiger partial charge is 0.382 e. The zero-order chi connectivity index (χ0) is 26.5. The zero-order valence-electron chi connectivity index (χ0n) is 22.0. The molecular formula is C23H47N3O10. The summed E-state index contributed by atoms with van der Waals surface area (Å²) in [6.45, 7) is 7.73. The number of carbonyl (C=O) groups excluding carboxylic acids is 2. The summed E-state index contributed by atoms with van der Waals surface area (Å²) < 4.78 is 42.6. The second-order valence-corrected chi connectivity index (χ2v) is 7.39. The first kappa shape index (κ1) is 34.6. The maximum absolute atomic E-state index is 11.8. The Morgan fingerprint density at radius 1 is 0.639 bits per heavy atom. The first-order chi connectivity index (χ1) is 17.6. The molecule has 13 heteroatoms. The Morgan fingerprint density at radius 3 is 1.36 bits per heavy atom. The van der Waals surface area contributed by atoms with Gasteiger partial charge in [-0.2, -0.15) is 0 Å². The number of nitrogens with one attached hydrogen (secondary N) is 2. The summed E-state index contributed by atoms with van der Waals surface area (Å²) >= 11 is 0. The lowest BCUT2D eigenvalue weighted by Crippen LogP contribution is -2.42. The summed E-state index contributed by atoms with van der Waals surface area (Å²) in [7, 11) is 3.18. The van der Waals surface area contributed by atoms with Gasteiger partial charge in [-0.3, -0.25) is 9.59 Å². The highest BCUT2D eigenvalue weighted by Crippen LogP contribution is 1.94. The third kappa shape index (κ3) is 25.7. The van der Waals surface area contributed by atoms with Crippen LogP contribution in [0.1, 0.15) is 12.8 Å². The van der Waals surface area contributed by atoms with Gasteiger partial charge < -0.3 is 54.3 Å². The van der Waals surface area contributed by atoms with E-state index >= 15 is 0 Å². The van der Waals surface area contributed by atoms with Gasteiger partial charge in [-0.05, 0) is 6.42 Å². The molecule has 13 nitrogen and oxygen atoms in total. The first-order valence-corrected chi connectivity index (χ1v) is 12.4. The molecule has 0 radical (unpaired) electrons. The number of rotatable bonds is 28. The number of ether oxygens (including phenoxy) is 8. The molecule has 2 amide bonds. The van der Waals surface area contributed by atoms with Crippen molar-refractivity contribution in [2.24, 2.45) is 5.73 Å². The third-order valence-electron chi connectivity index (χ3n) is 4.51. The molecule has 0 bridgehead atoms. The van der Waals surface area contributed by atoms with E-state index in [0.717, 1.165) is 0 Å². The van der Waals surface area contributed by atoms with Gasteiger partial charge in [-0.1, -0.05) is 0 Å². The Hall–Kier alpha value is -1.42. The molecule has 0 aliphatic heterocycles. The van der Waals surface area contributed by atoms with Crippen molar-refractivity contribution in [2.45, 2.75) is 18.9 Å². The van der Waals surface area contributed by atoms with E-state index in [1.807, 2.05) is 0 Å². The quantitative estimate of drug-likeness (QED) is 0.104. The van der Waals surface area contributed by atoms with Gasteiger partial charge in [-0.25, -0.2) is 0 Å². The van der Waals surface area contributed by atoms with E-state index in [-0.39, 0.29) is 18.2 Å². The van der Waals surface area contributed by atoms with Gasteiger partial charge in [0.15, 0.2) is 0 Å². The molecule has 0 unspecified atom stereocenters. The first-order valence-electron chi connectivity index (χ1n) is 12.4. The maximum atomic E-state index is 11.8. The Kier molecular flexibility index (Phi) is 27.0. The van der Waals surface area contributed by atoms with E-state index in [2.05, 4.69) is 10.6 Å². The van der Waals surface area contributed by atoms with Crippen LogP contribution in [0.15, 0.2) is 0 Å². The van der Waals surface area contributed by atoms with Crippen molar-refractivity contribution in [3.63, 3.8) is 0 Å². The summed E-state index contributed by atoms with van der Waals surface area (Å²) in [5.74, 6) is -0.440. The second kappa shape index (κ2) is 28.2. The molecule has 0 aromatic rings. The molecule has 0 rings (SSSR count). The lowest BCUT2D eigenvalue weighted by atomic mass is 10.1. The molecule has 0 fully saturated rings. The van der Waals surface area contributed by atoms with Gasteiger partial charge in [0.1, 0.15) is 0 Å². The number of carbonyl (C=O) groups is 2. The number of nitrogens with two attached hydrogens (primary N) is 1. The second-order valence-electron chi connectivity index (χ2n) is 7.39. The standard InChI is InChI=1S/C23H47N3O10/c1-25-22(27)4-3-21(24)23(28)26-5-6-30-9-10-32-13-14-34-17-18-36-20-19-35-16-15-33-12-11-31-8-7-29-2/h21H,3-20,24H2,1-2H3,(H,25,27)(H,26,28)/t21-/m0/s1. The topological polar surface area (TPSA) is 158 Å². The molecule has 0 heterocycles. The average Bonchev–Trinajstić information content (AvgIpc) is 2.89. The van der Waals surface area contributed by atoms with Gasteiger partial charge >= 0.3 is 0 Å². The van der Waals surface area contributed by atoms with Crippen LogP contribution in [-0.2, 0) is 47.5 Å². The van der Waals surface area contributed by atoms with Crippen LogP contribution in [0.2, 0.25) is 0 Å². The van der Waals surface area contributed by atoms with Gasteiger partial charge in [0.05, 0.1) is 105 Å². The lowest BCUT2D eigenvalue weighted by Gasteiger charge is -2.12. The average molecular weight is 526 g/mol. The van der Waals surface area contributed by atoms with Crippen molar-refractivity contribution in [3.8, 4) is 0 Å². The molecule has 0 aromatic heterocycles. The number of amides is 2. The van der Waals surface area contributed by atoms with Crippen molar-refractivity contribution in [1.29, 1.82) is 0 Å². The normalized spacial score (nSPS) is 12.0. The van der Waals surface area contributed by atoms with Crippen molar-refractivity contribution in [3.05, 3.63) is 0 Å². The van der Waals surface area contributed by atoms with Crippen molar-refractivity contribution in [2.75, 3.05) is 120 Å². The highest BCUT2D eigenvalue weighted by molar-refractivity contribution is 5.82. The fourth-order valence-electron chi connectivity index (χ4n) is 2.48. The monoisotopic (exact) mass is 525 g/mol. The van der Waals surface area contributed by atoms with E-state index in [1.54, 1.807) is 14.2 Å². The predicted octanol–water partition coefficient (Wildman–Crippen LogP) is -1.28. The zero-order valence-corrected chi connectivity index (χ0v) is 22.0. The molecule has 36 heavy (non-hydrogen) atoms. The Bertz CT molecular complexity index is 503. The van der Waals surface area contributed by atoms with Crippen LogP contribution in [-0.4, -0.2) is 138 Å². The van der Waals surface area contributed by atoms with Crippen LogP contribution in [0, 0.1) is 0 Å². The number of hydrogen-bond acceptors (Lipinski definition) is 11. The van der Waals surface area contributed by atoms with E-state index in [0.29, 0.717) is 112 Å². The Balaban J connectivity index is 3.19. The van der Waals surface area contributed by atoms with Crippen LogP contribution in [0.5, 0.6) is 0 Å². The molecule has 4 N–H and O–H groups in total. The maximum Gasteiger partial charge on any atom is 0.237 e. The van der Waals surface area contributed by atoms with E-state index in [9.17, 15) is 9.59 Å². The minimum atomic E-state index is -0.711. The summed E-state index contributed by atoms with van der Waals surface area (Å²) in [6.07, 6.45) is 0.515. The highest BCUT2D eigenvalue weighted by Gasteiger charge is 2.13.